The molecule has 5 heteroatoms. The molecule has 3 N–H and O–H groups in total. The molecule has 1 aliphatic heterocycles. The molecule has 5 nitrogen and oxygen atoms in total. The van der Waals surface area contributed by atoms with E-state index in [1.807, 2.05) is 13.8 Å². The van der Waals surface area contributed by atoms with Gasteiger partial charge in [0.2, 0.25) is 6.79 Å². The molecule has 0 unspecified atom stereocenters. The van der Waals surface area contributed by atoms with Crippen molar-refractivity contribution in [3.05, 3.63) is 23.8 Å². The number of hydrogen-bond donors (Lipinski definition) is 2. The van der Waals surface area contributed by atoms with Gasteiger partial charge in [0, 0.05) is 11.1 Å². The van der Waals surface area contributed by atoms with Gasteiger partial charge in [-0.25, -0.2) is 0 Å². The highest BCUT2D eigenvalue weighted by molar-refractivity contribution is 5.95. The first kappa shape index (κ1) is 12.7. The number of nitrogens with two attached hydrogens (primary N) is 1. The van der Waals surface area contributed by atoms with Gasteiger partial charge >= 0.3 is 0 Å². The van der Waals surface area contributed by atoms with Crippen LogP contribution in [0.3, 0.4) is 0 Å². The van der Waals surface area contributed by atoms with Crippen molar-refractivity contribution in [3.8, 4) is 11.5 Å². The lowest BCUT2D eigenvalue weighted by molar-refractivity contribution is 0.0910. The molecule has 2 rings (SSSR count). The zero-order chi connectivity index (χ0) is 13.2. The molecule has 1 aromatic rings. The van der Waals surface area contributed by atoms with Crippen molar-refractivity contribution in [1.82, 2.24) is 5.32 Å². The number of hydrogen-bond acceptors (Lipinski definition) is 4. The molecule has 0 saturated heterocycles. The van der Waals surface area contributed by atoms with E-state index in [2.05, 4.69) is 5.32 Å². The monoisotopic (exact) mass is 250 g/mol. The van der Waals surface area contributed by atoms with Crippen molar-refractivity contribution in [3.63, 3.8) is 0 Å². The molecule has 0 spiro atoms. The molecule has 0 atom stereocenters. The van der Waals surface area contributed by atoms with Crippen LogP contribution in [0.25, 0.3) is 0 Å². The van der Waals surface area contributed by atoms with Crippen molar-refractivity contribution < 1.29 is 14.3 Å². The van der Waals surface area contributed by atoms with Crippen LogP contribution in [-0.4, -0.2) is 24.8 Å². The lowest BCUT2D eigenvalue weighted by atomic mass is 10.00. The second-order valence-corrected chi connectivity index (χ2v) is 4.94. The standard InChI is InChI=1S/C13H18N2O3/c1-13(2,5-6-14)15-12(16)9-3-4-10-11(7-9)18-8-17-10/h3-4,7H,5-6,8,14H2,1-2H3,(H,15,16). The number of rotatable bonds is 4. The maximum Gasteiger partial charge on any atom is 0.251 e. The molecule has 0 saturated carbocycles. The second kappa shape index (κ2) is 4.86. The average Bonchev–Trinajstić information content (AvgIpc) is 2.74. The Morgan fingerprint density at radius 1 is 1.39 bits per heavy atom. The van der Waals surface area contributed by atoms with E-state index < -0.39 is 0 Å². The van der Waals surface area contributed by atoms with Crippen LogP contribution in [0.2, 0.25) is 0 Å². The average molecular weight is 250 g/mol. The molecular formula is C13H18N2O3. The molecule has 0 bridgehead atoms. The molecule has 1 aromatic carbocycles. The van der Waals surface area contributed by atoms with E-state index >= 15 is 0 Å². The Labute approximate surface area is 106 Å². The van der Waals surface area contributed by atoms with Gasteiger partial charge in [0.25, 0.3) is 5.91 Å². The molecule has 18 heavy (non-hydrogen) atoms. The highest BCUT2D eigenvalue weighted by Crippen LogP contribution is 2.32. The number of nitrogens with one attached hydrogen (secondary N) is 1. The van der Waals surface area contributed by atoms with Gasteiger partial charge in [-0.3, -0.25) is 4.79 Å². The zero-order valence-electron chi connectivity index (χ0n) is 10.7. The summed E-state index contributed by atoms with van der Waals surface area (Å²) in [6.07, 6.45) is 0.725. The fourth-order valence-electron chi connectivity index (χ4n) is 1.84. The highest BCUT2D eigenvalue weighted by Gasteiger charge is 2.22. The van der Waals surface area contributed by atoms with Crippen LogP contribution >= 0.6 is 0 Å². The Balaban J connectivity index is 2.10. The number of amides is 1. The third-order valence-electron chi connectivity index (χ3n) is 2.86. The Morgan fingerprint density at radius 2 is 2.11 bits per heavy atom. The summed E-state index contributed by atoms with van der Waals surface area (Å²) in [5.74, 6) is 1.15. The van der Waals surface area contributed by atoms with Crippen molar-refractivity contribution in [2.45, 2.75) is 25.8 Å². The van der Waals surface area contributed by atoms with E-state index in [4.69, 9.17) is 15.2 Å². The number of carbonyl (C=O) groups is 1. The van der Waals surface area contributed by atoms with E-state index in [9.17, 15) is 4.79 Å². The van der Waals surface area contributed by atoms with E-state index in [-0.39, 0.29) is 18.2 Å². The van der Waals surface area contributed by atoms with Crippen molar-refractivity contribution >= 4 is 5.91 Å². The van der Waals surface area contributed by atoms with Gasteiger partial charge in [-0.05, 0) is 45.0 Å². The summed E-state index contributed by atoms with van der Waals surface area (Å²) in [6, 6.07) is 5.16. The van der Waals surface area contributed by atoms with Crippen LogP contribution in [0.15, 0.2) is 18.2 Å². The van der Waals surface area contributed by atoms with Crippen LogP contribution < -0.4 is 20.5 Å². The summed E-state index contributed by atoms with van der Waals surface area (Å²) in [6.45, 7) is 4.64. The summed E-state index contributed by atoms with van der Waals surface area (Å²) in [4.78, 5) is 12.1. The van der Waals surface area contributed by atoms with E-state index in [1.165, 1.54) is 0 Å². The second-order valence-electron chi connectivity index (χ2n) is 4.94. The zero-order valence-corrected chi connectivity index (χ0v) is 10.7. The van der Waals surface area contributed by atoms with Gasteiger partial charge < -0.3 is 20.5 Å². The fourth-order valence-corrected chi connectivity index (χ4v) is 1.84. The molecule has 1 amide bonds. The Kier molecular flexibility index (Phi) is 3.43. The fraction of sp³-hybridized carbons (Fsp3) is 0.462. The van der Waals surface area contributed by atoms with Crippen LogP contribution in [0.5, 0.6) is 11.5 Å². The summed E-state index contributed by atoms with van der Waals surface area (Å²) in [5, 5.41) is 2.95. The number of benzene rings is 1. The topological polar surface area (TPSA) is 73.6 Å². The molecule has 0 aromatic heterocycles. The first-order valence-corrected chi connectivity index (χ1v) is 5.94. The summed E-state index contributed by atoms with van der Waals surface area (Å²) < 4.78 is 10.4. The predicted molar refractivity (Wildman–Crippen MR) is 67.8 cm³/mol. The predicted octanol–water partition coefficient (Wildman–Crippen LogP) is 1.27. The van der Waals surface area contributed by atoms with Gasteiger partial charge in [0.15, 0.2) is 11.5 Å². The first-order valence-electron chi connectivity index (χ1n) is 5.94. The number of carbonyl (C=O) groups excluding carboxylic acids is 1. The van der Waals surface area contributed by atoms with Crippen LogP contribution in [-0.2, 0) is 0 Å². The van der Waals surface area contributed by atoms with Crippen molar-refractivity contribution in [2.24, 2.45) is 5.73 Å². The third kappa shape index (κ3) is 2.73. The lowest BCUT2D eigenvalue weighted by Crippen LogP contribution is -2.44. The molecule has 1 heterocycles. The van der Waals surface area contributed by atoms with Crippen LogP contribution in [0, 0.1) is 0 Å². The minimum absolute atomic E-state index is 0.133. The van der Waals surface area contributed by atoms with Gasteiger partial charge in [-0.15, -0.1) is 0 Å². The Hall–Kier alpha value is -1.75. The molecule has 1 aliphatic rings. The van der Waals surface area contributed by atoms with Gasteiger partial charge in [0.05, 0.1) is 0 Å². The van der Waals surface area contributed by atoms with Crippen LogP contribution in [0.1, 0.15) is 30.6 Å². The third-order valence-corrected chi connectivity index (χ3v) is 2.86. The van der Waals surface area contributed by atoms with Gasteiger partial charge in [-0.2, -0.15) is 0 Å². The maximum atomic E-state index is 12.1. The van der Waals surface area contributed by atoms with Crippen molar-refractivity contribution in [1.29, 1.82) is 0 Å². The molecule has 0 aliphatic carbocycles. The van der Waals surface area contributed by atoms with Gasteiger partial charge in [-0.1, -0.05) is 0 Å². The quantitative estimate of drug-likeness (QED) is 0.844. The van der Waals surface area contributed by atoms with E-state index in [0.717, 1.165) is 6.42 Å². The SMILES string of the molecule is CC(C)(CCN)NC(=O)c1ccc2c(c1)OCO2. The van der Waals surface area contributed by atoms with E-state index in [1.54, 1.807) is 18.2 Å². The largest absolute Gasteiger partial charge is 0.454 e. The number of fused-ring (bicyclic) bond motifs is 1. The lowest BCUT2D eigenvalue weighted by Gasteiger charge is -2.25. The number of ether oxygens (including phenoxy) is 2. The molecule has 0 radical (unpaired) electrons. The normalized spacial score (nSPS) is 13.5. The van der Waals surface area contributed by atoms with Gasteiger partial charge in [0.1, 0.15) is 0 Å². The summed E-state index contributed by atoms with van der Waals surface area (Å²) >= 11 is 0. The smallest absolute Gasteiger partial charge is 0.251 e. The first-order chi connectivity index (χ1) is 8.52. The minimum atomic E-state index is -0.317. The van der Waals surface area contributed by atoms with E-state index in [0.29, 0.717) is 23.6 Å². The summed E-state index contributed by atoms with van der Waals surface area (Å²) in [5.41, 5.74) is 5.76. The molecular weight excluding hydrogens is 232 g/mol. The highest BCUT2D eigenvalue weighted by atomic mass is 16.7. The minimum Gasteiger partial charge on any atom is -0.454 e. The van der Waals surface area contributed by atoms with Crippen LogP contribution in [0.4, 0.5) is 0 Å². The van der Waals surface area contributed by atoms with Crippen molar-refractivity contribution in [2.75, 3.05) is 13.3 Å². The molecule has 98 valence electrons. The Bertz CT molecular complexity index is 458. The maximum absolute atomic E-state index is 12.1. The summed E-state index contributed by atoms with van der Waals surface area (Å²) in [7, 11) is 0. The Morgan fingerprint density at radius 3 is 2.83 bits per heavy atom. The molecule has 0 fully saturated rings.